The van der Waals surface area contributed by atoms with Gasteiger partial charge in [0.1, 0.15) is 11.6 Å². The molecule has 1 aliphatic rings. The Morgan fingerprint density at radius 3 is 2.45 bits per heavy atom. The van der Waals surface area contributed by atoms with Gasteiger partial charge in [-0.1, -0.05) is 32.0 Å². The molecule has 1 aromatic carbocycles. The number of amides is 1. The molecular formula is C24H31F3N4O2. The van der Waals surface area contributed by atoms with Crippen molar-refractivity contribution in [2.45, 2.75) is 46.4 Å². The van der Waals surface area contributed by atoms with Crippen molar-refractivity contribution in [3.63, 3.8) is 0 Å². The number of alkyl halides is 3. The van der Waals surface area contributed by atoms with Gasteiger partial charge < -0.3 is 14.5 Å². The van der Waals surface area contributed by atoms with Crippen LogP contribution < -0.4 is 4.90 Å². The molecule has 0 saturated carbocycles. The van der Waals surface area contributed by atoms with E-state index in [9.17, 15) is 18.0 Å². The molecular weight excluding hydrogens is 433 g/mol. The molecule has 1 aromatic heterocycles. The number of benzene rings is 1. The molecule has 1 saturated heterocycles. The molecule has 9 heteroatoms. The summed E-state index contributed by atoms with van der Waals surface area (Å²) in [6.07, 6.45) is -3.63. The molecule has 0 radical (unpaired) electrons. The van der Waals surface area contributed by atoms with E-state index in [0.717, 1.165) is 11.6 Å². The monoisotopic (exact) mass is 464 g/mol. The highest BCUT2D eigenvalue weighted by Gasteiger charge is 2.31. The fourth-order valence-corrected chi connectivity index (χ4v) is 4.04. The van der Waals surface area contributed by atoms with E-state index in [1.165, 1.54) is 12.1 Å². The van der Waals surface area contributed by atoms with Crippen LogP contribution in [0.15, 0.2) is 24.3 Å². The molecule has 1 aliphatic heterocycles. The molecule has 0 atom stereocenters. The van der Waals surface area contributed by atoms with Crippen molar-refractivity contribution in [1.29, 1.82) is 0 Å². The molecule has 2 aromatic rings. The zero-order valence-electron chi connectivity index (χ0n) is 19.6. The highest BCUT2D eigenvalue weighted by atomic mass is 19.4. The maximum Gasteiger partial charge on any atom is 0.416 e. The first-order valence-corrected chi connectivity index (χ1v) is 11.1. The summed E-state index contributed by atoms with van der Waals surface area (Å²) in [6, 6.07) is 5.34. The predicted molar refractivity (Wildman–Crippen MR) is 120 cm³/mol. The van der Waals surface area contributed by atoms with Crippen LogP contribution in [-0.4, -0.2) is 54.1 Å². The molecule has 180 valence electrons. The lowest BCUT2D eigenvalue weighted by molar-refractivity contribution is -0.137. The van der Waals surface area contributed by atoms with Crippen LogP contribution in [0.1, 0.15) is 48.5 Å². The Labute approximate surface area is 192 Å². The van der Waals surface area contributed by atoms with Crippen LogP contribution in [0.4, 0.5) is 19.0 Å². The number of carbonyl (C=O) groups is 1. The number of aryl methyl sites for hydroxylation is 1. The summed E-state index contributed by atoms with van der Waals surface area (Å²) in [5.74, 6) is 1.72. The van der Waals surface area contributed by atoms with Gasteiger partial charge in [-0.2, -0.15) is 13.2 Å². The third-order valence-electron chi connectivity index (χ3n) is 5.61. The standard InChI is InChI=1S/C24H31F3N4O2/c1-16(2)12-22(32)30-8-10-31(11-9-30)23-20(21(15-33-4)28-17(3)29-23)14-18-6-5-7-19(13-18)24(25,26)27/h5-7,13,16H,8-12,14-15H2,1-4H3. The molecule has 0 N–H and O–H groups in total. The Morgan fingerprint density at radius 2 is 1.85 bits per heavy atom. The lowest BCUT2D eigenvalue weighted by atomic mass is 10.0. The van der Waals surface area contributed by atoms with Crippen LogP contribution in [-0.2, 0) is 28.7 Å². The average molecular weight is 465 g/mol. The Balaban J connectivity index is 1.89. The number of aromatic nitrogens is 2. The van der Waals surface area contributed by atoms with Gasteiger partial charge in [0, 0.05) is 51.7 Å². The van der Waals surface area contributed by atoms with Crippen LogP contribution in [0, 0.1) is 12.8 Å². The van der Waals surface area contributed by atoms with Crippen molar-refractivity contribution in [3.05, 3.63) is 52.5 Å². The second kappa shape index (κ2) is 10.5. The maximum atomic E-state index is 13.2. The van der Waals surface area contributed by atoms with Crippen molar-refractivity contribution < 1.29 is 22.7 Å². The molecule has 33 heavy (non-hydrogen) atoms. The van der Waals surface area contributed by atoms with Gasteiger partial charge in [0.25, 0.3) is 0 Å². The van der Waals surface area contributed by atoms with E-state index < -0.39 is 11.7 Å². The van der Waals surface area contributed by atoms with E-state index in [1.54, 1.807) is 20.1 Å². The van der Waals surface area contributed by atoms with Crippen molar-refractivity contribution in [2.24, 2.45) is 5.92 Å². The summed E-state index contributed by atoms with van der Waals surface area (Å²) in [5, 5.41) is 0. The van der Waals surface area contributed by atoms with Crippen molar-refractivity contribution >= 4 is 11.7 Å². The smallest absolute Gasteiger partial charge is 0.378 e. The summed E-state index contributed by atoms with van der Waals surface area (Å²) in [4.78, 5) is 25.6. The quantitative estimate of drug-likeness (QED) is 0.614. The number of rotatable bonds is 7. The van der Waals surface area contributed by atoms with E-state index in [1.807, 2.05) is 18.7 Å². The van der Waals surface area contributed by atoms with Crippen molar-refractivity contribution in [3.8, 4) is 0 Å². The fourth-order valence-electron chi connectivity index (χ4n) is 4.04. The first-order valence-electron chi connectivity index (χ1n) is 11.1. The Hall–Kier alpha value is -2.68. The van der Waals surface area contributed by atoms with Gasteiger partial charge in [0.05, 0.1) is 17.9 Å². The molecule has 6 nitrogen and oxygen atoms in total. The maximum absolute atomic E-state index is 13.2. The third-order valence-corrected chi connectivity index (χ3v) is 5.61. The minimum atomic E-state index is -4.41. The van der Waals surface area contributed by atoms with E-state index >= 15 is 0 Å². The van der Waals surface area contributed by atoms with Crippen LogP contribution in [0.5, 0.6) is 0 Å². The minimum absolute atomic E-state index is 0.146. The summed E-state index contributed by atoms with van der Waals surface area (Å²) in [7, 11) is 1.56. The molecule has 1 fully saturated rings. The number of hydrogen-bond acceptors (Lipinski definition) is 5. The summed E-state index contributed by atoms with van der Waals surface area (Å²) >= 11 is 0. The number of halogens is 3. The Morgan fingerprint density at radius 1 is 1.15 bits per heavy atom. The van der Waals surface area contributed by atoms with Gasteiger partial charge in [-0.15, -0.1) is 0 Å². The largest absolute Gasteiger partial charge is 0.416 e. The van der Waals surface area contributed by atoms with Gasteiger partial charge in [-0.25, -0.2) is 9.97 Å². The van der Waals surface area contributed by atoms with Gasteiger partial charge >= 0.3 is 6.18 Å². The highest BCUT2D eigenvalue weighted by Crippen LogP contribution is 2.31. The number of methoxy groups -OCH3 is 1. The lowest BCUT2D eigenvalue weighted by Gasteiger charge is -2.37. The zero-order valence-corrected chi connectivity index (χ0v) is 19.6. The summed E-state index contributed by atoms with van der Waals surface area (Å²) < 4.78 is 45.0. The van der Waals surface area contributed by atoms with E-state index in [-0.39, 0.29) is 18.9 Å². The van der Waals surface area contributed by atoms with Crippen LogP contribution in [0.3, 0.4) is 0 Å². The fraction of sp³-hybridized carbons (Fsp3) is 0.542. The van der Waals surface area contributed by atoms with Gasteiger partial charge in [0.2, 0.25) is 5.91 Å². The van der Waals surface area contributed by atoms with Crippen LogP contribution >= 0.6 is 0 Å². The second-order valence-electron chi connectivity index (χ2n) is 8.79. The van der Waals surface area contributed by atoms with Gasteiger partial charge in [-0.3, -0.25) is 4.79 Å². The number of piperazine rings is 1. The molecule has 0 spiro atoms. The molecule has 3 rings (SSSR count). The number of carbonyl (C=O) groups excluding carboxylic acids is 1. The number of hydrogen-bond donors (Lipinski definition) is 0. The minimum Gasteiger partial charge on any atom is -0.378 e. The van der Waals surface area contributed by atoms with E-state index in [4.69, 9.17) is 4.74 Å². The first-order chi connectivity index (χ1) is 15.6. The molecule has 1 amide bonds. The zero-order chi connectivity index (χ0) is 24.2. The SMILES string of the molecule is COCc1nc(C)nc(N2CCN(C(=O)CC(C)C)CC2)c1Cc1cccc(C(F)(F)F)c1. The average Bonchev–Trinajstić information content (AvgIpc) is 2.75. The predicted octanol–water partition coefficient (Wildman–Crippen LogP) is 4.24. The first kappa shape index (κ1) is 25.0. The Bertz CT molecular complexity index is 971. The summed E-state index contributed by atoms with van der Waals surface area (Å²) in [5.41, 5.74) is 1.27. The molecule has 2 heterocycles. The molecule has 0 unspecified atom stereocenters. The van der Waals surface area contributed by atoms with Crippen LogP contribution in [0.2, 0.25) is 0 Å². The summed E-state index contributed by atoms with van der Waals surface area (Å²) in [6.45, 7) is 8.43. The van der Waals surface area contributed by atoms with Crippen molar-refractivity contribution in [2.75, 3.05) is 38.2 Å². The van der Waals surface area contributed by atoms with Gasteiger partial charge in [-0.05, 0) is 24.5 Å². The van der Waals surface area contributed by atoms with E-state index in [0.29, 0.717) is 61.4 Å². The van der Waals surface area contributed by atoms with Crippen molar-refractivity contribution in [1.82, 2.24) is 14.9 Å². The van der Waals surface area contributed by atoms with Gasteiger partial charge in [0.15, 0.2) is 0 Å². The molecule has 0 bridgehead atoms. The number of ether oxygens (including phenoxy) is 1. The number of anilines is 1. The lowest BCUT2D eigenvalue weighted by Crippen LogP contribution is -2.49. The Kier molecular flexibility index (Phi) is 7.94. The normalized spacial score (nSPS) is 14.8. The number of nitrogens with zero attached hydrogens (tertiary/aromatic N) is 4. The third kappa shape index (κ3) is 6.43. The van der Waals surface area contributed by atoms with E-state index in [2.05, 4.69) is 14.9 Å². The van der Waals surface area contributed by atoms with Crippen LogP contribution in [0.25, 0.3) is 0 Å². The second-order valence-corrected chi connectivity index (χ2v) is 8.79. The molecule has 0 aliphatic carbocycles. The highest BCUT2D eigenvalue weighted by molar-refractivity contribution is 5.76. The topological polar surface area (TPSA) is 58.6 Å².